The smallest absolute Gasteiger partial charge is 0.268 e. The third kappa shape index (κ3) is 1.73. The van der Waals surface area contributed by atoms with Gasteiger partial charge in [-0.25, -0.2) is 14.9 Å². The van der Waals surface area contributed by atoms with E-state index >= 15 is 0 Å². The van der Waals surface area contributed by atoms with E-state index < -0.39 is 5.54 Å². The molecule has 0 saturated carbocycles. The number of amidine groups is 1. The number of aliphatic imine (C=N–C) groups is 1. The standard InChI is InChI=1S/C18H21N3O2/c1-9(2)18(4)17(23)21-15(20-18)14-12(16(21)22)8-11-10(3)6-5-7-13(11)19-14/h8-10H,5-7H2,1-4H3. The third-order valence-corrected chi connectivity index (χ3v) is 5.67. The Morgan fingerprint density at radius 2 is 2.09 bits per heavy atom. The number of rotatable bonds is 1. The first kappa shape index (κ1) is 14.5. The second kappa shape index (κ2) is 4.49. The number of hydrogen-bond acceptors (Lipinski definition) is 4. The van der Waals surface area contributed by atoms with Gasteiger partial charge < -0.3 is 0 Å². The summed E-state index contributed by atoms with van der Waals surface area (Å²) in [6, 6.07) is 1.95. The normalized spacial score (nSPS) is 28.8. The molecule has 3 heterocycles. The first-order valence-corrected chi connectivity index (χ1v) is 8.37. The zero-order valence-corrected chi connectivity index (χ0v) is 14.0. The number of carbonyl (C=O) groups excluding carboxylic acids is 2. The minimum absolute atomic E-state index is 0.0296. The van der Waals surface area contributed by atoms with Gasteiger partial charge in [0.15, 0.2) is 5.84 Å². The molecule has 1 aromatic heterocycles. The minimum Gasteiger partial charge on any atom is -0.271 e. The summed E-state index contributed by atoms with van der Waals surface area (Å²) in [5, 5.41) is 0. The van der Waals surface area contributed by atoms with Crippen molar-refractivity contribution in [1.29, 1.82) is 0 Å². The average Bonchev–Trinajstić information content (AvgIpc) is 2.93. The molecule has 23 heavy (non-hydrogen) atoms. The second-order valence-corrected chi connectivity index (χ2v) is 7.40. The fourth-order valence-corrected chi connectivity index (χ4v) is 3.74. The summed E-state index contributed by atoms with van der Waals surface area (Å²) in [5.41, 5.74) is 2.48. The molecule has 0 bridgehead atoms. The highest BCUT2D eigenvalue weighted by Crippen LogP contribution is 2.39. The lowest BCUT2D eigenvalue weighted by molar-refractivity contribution is -0.130. The Morgan fingerprint density at radius 1 is 1.35 bits per heavy atom. The lowest BCUT2D eigenvalue weighted by Gasteiger charge is -2.24. The first-order valence-electron chi connectivity index (χ1n) is 8.37. The van der Waals surface area contributed by atoms with Crippen molar-refractivity contribution < 1.29 is 9.59 Å². The highest BCUT2D eigenvalue weighted by molar-refractivity contribution is 6.33. The summed E-state index contributed by atoms with van der Waals surface area (Å²) >= 11 is 0. The molecule has 2 atom stereocenters. The van der Waals surface area contributed by atoms with Crippen LogP contribution in [-0.2, 0) is 11.2 Å². The maximum absolute atomic E-state index is 12.8. The van der Waals surface area contributed by atoms with Crippen molar-refractivity contribution in [3.63, 3.8) is 0 Å². The van der Waals surface area contributed by atoms with E-state index in [9.17, 15) is 9.59 Å². The Kier molecular flexibility index (Phi) is 2.84. The van der Waals surface area contributed by atoms with Crippen LogP contribution < -0.4 is 0 Å². The quantitative estimate of drug-likeness (QED) is 0.749. The van der Waals surface area contributed by atoms with E-state index in [0.717, 1.165) is 30.5 Å². The molecule has 4 rings (SSSR count). The fraction of sp³-hybridized carbons (Fsp3) is 0.556. The molecule has 3 aliphatic rings. The van der Waals surface area contributed by atoms with Crippen LogP contribution in [0.3, 0.4) is 0 Å². The van der Waals surface area contributed by atoms with Crippen LogP contribution in [0.2, 0.25) is 0 Å². The molecule has 0 spiro atoms. The second-order valence-electron chi connectivity index (χ2n) is 7.40. The number of aromatic nitrogens is 1. The van der Waals surface area contributed by atoms with Gasteiger partial charge in [0.2, 0.25) is 0 Å². The number of fused-ring (bicyclic) bond motifs is 4. The highest BCUT2D eigenvalue weighted by atomic mass is 16.2. The largest absolute Gasteiger partial charge is 0.271 e. The van der Waals surface area contributed by atoms with Gasteiger partial charge >= 0.3 is 0 Å². The summed E-state index contributed by atoms with van der Waals surface area (Å²) in [6.07, 6.45) is 3.17. The van der Waals surface area contributed by atoms with Gasteiger partial charge in [0.1, 0.15) is 11.2 Å². The van der Waals surface area contributed by atoms with Crippen LogP contribution >= 0.6 is 0 Å². The average molecular weight is 311 g/mol. The van der Waals surface area contributed by atoms with Gasteiger partial charge in [0, 0.05) is 5.69 Å². The van der Waals surface area contributed by atoms with Crippen molar-refractivity contribution >= 4 is 17.6 Å². The number of imide groups is 1. The SMILES string of the molecule is CC1CCCc2nc3c(cc21)C(=O)N1C(=O)C(C)(C(C)C)N=C31. The van der Waals surface area contributed by atoms with E-state index in [-0.39, 0.29) is 17.7 Å². The third-order valence-electron chi connectivity index (χ3n) is 5.67. The van der Waals surface area contributed by atoms with E-state index in [1.165, 1.54) is 4.90 Å². The number of hydrogen-bond donors (Lipinski definition) is 0. The highest BCUT2D eigenvalue weighted by Gasteiger charge is 2.54. The van der Waals surface area contributed by atoms with Crippen molar-refractivity contribution in [3.05, 3.63) is 28.6 Å². The molecule has 2 unspecified atom stereocenters. The summed E-state index contributed by atoms with van der Waals surface area (Å²) in [5.74, 6) is 0.408. The lowest BCUT2D eigenvalue weighted by Crippen LogP contribution is -2.44. The van der Waals surface area contributed by atoms with Gasteiger partial charge in [-0.3, -0.25) is 9.59 Å². The molecule has 0 aromatic carbocycles. The van der Waals surface area contributed by atoms with Crippen LogP contribution in [0, 0.1) is 5.92 Å². The van der Waals surface area contributed by atoms with Crippen molar-refractivity contribution in [1.82, 2.24) is 9.88 Å². The molecule has 1 aliphatic carbocycles. The first-order chi connectivity index (χ1) is 10.8. The van der Waals surface area contributed by atoms with Crippen LogP contribution in [-0.4, -0.2) is 33.1 Å². The maximum atomic E-state index is 12.8. The van der Waals surface area contributed by atoms with Crippen molar-refractivity contribution in [2.24, 2.45) is 10.9 Å². The number of aryl methyl sites for hydroxylation is 1. The molecule has 0 fully saturated rings. The molecular weight excluding hydrogens is 290 g/mol. The van der Waals surface area contributed by atoms with Crippen LogP contribution in [0.15, 0.2) is 11.1 Å². The zero-order chi connectivity index (χ0) is 16.5. The molecule has 0 N–H and O–H groups in total. The Hall–Kier alpha value is -2.04. The molecule has 5 heteroatoms. The van der Waals surface area contributed by atoms with E-state index in [2.05, 4.69) is 11.9 Å². The fourth-order valence-electron chi connectivity index (χ4n) is 3.74. The van der Waals surface area contributed by atoms with Gasteiger partial charge in [-0.2, -0.15) is 0 Å². The number of carbonyl (C=O) groups is 2. The Bertz CT molecular complexity index is 781. The lowest BCUT2D eigenvalue weighted by atomic mass is 9.85. The monoisotopic (exact) mass is 311 g/mol. The van der Waals surface area contributed by atoms with Crippen LogP contribution in [0.25, 0.3) is 0 Å². The van der Waals surface area contributed by atoms with Crippen LogP contribution in [0.1, 0.15) is 73.8 Å². The van der Waals surface area contributed by atoms with Crippen molar-refractivity contribution in [3.8, 4) is 0 Å². The van der Waals surface area contributed by atoms with Gasteiger partial charge in [-0.1, -0.05) is 20.8 Å². The topological polar surface area (TPSA) is 62.6 Å². The van der Waals surface area contributed by atoms with Crippen LogP contribution in [0.4, 0.5) is 0 Å². The van der Waals surface area contributed by atoms with Crippen molar-refractivity contribution in [2.75, 3.05) is 0 Å². The van der Waals surface area contributed by atoms with Gasteiger partial charge in [-0.05, 0) is 49.7 Å². The molecule has 2 aliphatic heterocycles. The van der Waals surface area contributed by atoms with E-state index in [1.54, 1.807) is 6.92 Å². The van der Waals surface area contributed by atoms with E-state index in [4.69, 9.17) is 4.98 Å². The summed E-state index contributed by atoms with van der Waals surface area (Å²) in [4.78, 5) is 36.2. The number of pyridine rings is 1. The predicted molar refractivity (Wildman–Crippen MR) is 86.5 cm³/mol. The summed E-state index contributed by atoms with van der Waals surface area (Å²) in [6.45, 7) is 7.89. The number of amides is 2. The predicted octanol–water partition coefficient (Wildman–Crippen LogP) is 2.68. The van der Waals surface area contributed by atoms with Gasteiger partial charge in [0.25, 0.3) is 11.8 Å². The van der Waals surface area contributed by atoms with E-state index in [1.807, 2.05) is 19.9 Å². The van der Waals surface area contributed by atoms with E-state index in [0.29, 0.717) is 23.0 Å². The van der Waals surface area contributed by atoms with Crippen LogP contribution in [0.5, 0.6) is 0 Å². The number of nitrogens with zero attached hydrogens (tertiary/aromatic N) is 3. The summed E-state index contributed by atoms with van der Waals surface area (Å²) < 4.78 is 0. The molecule has 120 valence electrons. The summed E-state index contributed by atoms with van der Waals surface area (Å²) in [7, 11) is 0. The maximum Gasteiger partial charge on any atom is 0.268 e. The molecule has 5 nitrogen and oxygen atoms in total. The van der Waals surface area contributed by atoms with Crippen molar-refractivity contribution in [2.45, 2.75) is 58.4 Å². The zero-order valence-electron chi connectivity index (χ0n) is 14.0. The van der Waals surface area contributed by atoms with Gasteiger partial charge in [-0.15, -0.1) is 0 Å². The Labute approximate surface area is 135 Å². The Morgan fingerprint density at radius 3 is 2.78 bits per heavy atom. The Balaban J connectivity index is 1.91. The molecule has 0 radical (unpaired) electrons. The molecule has 0 saturated heterocycles. The minimum atomic E-state index is -0.868. The molecular formula is C18H21N3O2. The molecule has 2 amide bonds. The van der Waals surface area contributed by atoms with Gasteiger partial charge in [0.05, 0.1) is 5.56 Å². The molecule has 1 aromatic rings.